The van der Waals surface area contributed by atoms with E-state index in [2.05, 4.69) is 68.1 Å². The van der Waals surface area contributed by atoms with Gasteiger partial charge in [-0.15, -0.1) is 0 Å². The summed E-state index contributed by atoms with van der Waals surface area (Å²) in [6.07, 6.45) is 2.54. The first-order chi connectivity index (χ1) is 17.4. The van der Waals surface area contributed by atoms with Gasteiger partial charge in [0.2, 0.25) is 0 Å². The summed E-state index contributed by atoms with van der Waals surface area (Å²) >= 11 is 0. The maximum absolute atomic E-state index is 12.8. The summed E-state index contributed by atoms with van der Waals surface area (Å²) in [7, 11) is 1.46. The fourth-order valence-electron chi connectivity index (χ4n) is 5.24. The number of carbonyl (C=O) groups excluding carboxylic acids is 1. The predicted molar refractivity (Wildman–Crippen MR) is 144 cm³/mol. The molecule has 2 aromatic carbocycles. The molecule has 0 N–H and O–H groups in total. The van der Waals surface area contributed by atoms with Crippen molar-refractivity contribution >= 4 is 5.97 Å². The molecule has 1 aliphatic heterocycles. The Morgan fingerprint density at radius 1 is 1.06 bits per heavy atom. The van der Waals surface area contributed by atoms with Gasteiger partial charge in [0, 0.05) is 36.0 Å². The number of benzene rings is 2. The fraction of sp³-hybridized carbons (Fsp3) is 0.419. The minimum atomic E-state index is -0.344. The summed E-state index contributed by atoms with van der Waals surface area (Å²) in [4.78, 5) is 20.1. The first-order valence-electron chi connectivity index (χ1n) is 13.0. The number of esters is 1. The highest BCUT2D eigenvalue weighted by atomic mass is 16.5. The number of pyridine rings is 1. The lowest BCUT2D eigenvalue weighted by atomic mass is 9.92. The number of nitrogens with zero attached hydrogens (tertiary/aromatic N) is 2. The molecule has 0 aliphatic carbocycles. The lowest BCUT2D eigenvalue weighted by Gasteiger charge is -2.35. The van der Waals surface area contributed by atoms with Crippen molar-refractivity contribution in [3.05, 3.63) is 82.0 Å². The van der Waals surface area contributed by atoms with Gasteiger partial charge in [0.15, 0.2) is 0 Å². The summed E-state index contributed by atoms with van der Waals surface area (Å²) in [6.45, 7) is 11.8. The van der Waals surface area contributed by atoms with E-state index in [1.165, 1.54) is 34.9 Å². The Bertz CT molecular complexity index is 1210. The van der Waals surface area contributed by atoms with E-state index in [1.54, 1.807) is 0 Å². The number of ether oxygens (including phenoxy) is 2. The Kier molecular flexibility index (Phi) is 8.10. The van der Waals surface area contributed by atoms with E-state index in [0.29, 0.717) is 19.5 Å². The van der Waals surface area contributed by atoms with Crippen LogP contribution in [0.3, 0.4) is 0 Å². The highest BCUT2D eigenvalue weighted by molar-refractivity contribution is 5.76. The number of fused-ring (bicyclic) bond motifs is 1. The standard InChI is InChI=1S/C31H38N2O3/c1-7-22-14-11-15-23(8-2)30(22)27-17-29(36-20(3)4)26(21(5)32-27)19-33-18-25-13-10-9-12-24(25)16-28(33)31(34)35-6/h9-15,17,20,28H,7-8,16,18-19H2,1-6H3/t28-/m0/s1. The predicted octanol–water partition coefficient (Wildman–Crippen LogP) is 6.07. The molecule has 1 atom stereocenters. The SMILES string of the molecule is CCc1cccc(CC)c1-c1cc(OC(C)C)c(CN2Cc3ccccc3C[C@H]2C(=O)OC)c(C)n1. The monoisotopic (exact) mass is 486 g/mol. The Morgan fingerprint density at radius 3 is 2.33 bits per heavy atom. The van der Waals surface area contributed by atoms with Gasteiger partial charge in [0.1, 0.15) is 11.8 Å². The van der Waals surface area contributed by atoms with Crippen LogP contribution in [-0.2, 0) is 41.9 Å². The Balaban J connectivity index is 1.78. The molecule has 1 aliphatic rings. The summed E-state index contributed by atoms with van der Waals surface area (Å²) < 4.78 is 11.6. The van der Waals surface area contributed by atoms with Gasteiger partial charge in [0.25, 0.3) is 0 Å². The van der Waals surface area contributed by atoms with E-state index < -0.39 is 0 Å². The van der Waals surface area contributed by atoms with Crippen molar-refractivity contribution in [3.63, 3.8) is 0 Å². The van der Waals surface area contributed by atoms with Crippen LogP contribution in [0.1, 0.15) is 61.2 Å². The van der Waals surface area contributed by atoms with Crippen LogP contribution in [-0.4, -0.2) is 35.1 Å². The van der Waals surface area contributed by atoms with Gasteiger partial charge in [0.05, 0.1) is 18.9 Å². The summed E-state index contributed by atoms with van der Waals surface area (Å²) in [6, 6.07) is 16.6. The van der Waals surface area contributed by atoms with Crippen LogP contribution in [0.5, 0.6) is 5.75 Å². The van der Waals surface area contributed by atoms with Gasteiger partial charge >= 0.3 is 5.97 Å². The van der Waals surface area contributed by atoms with E-state index >= 15 is 0 Å². The van der Waals surface area contributed by atoms with Gasteiger partial charge in [-0.2, -0.15) is 0 Å². The number of aryl methyl sites for hydroxylation is 3. The summed E-state index contributed by atoms with van der Waals surface area (Å²) in [5, 5.41) is 0. The zero-order valence-electron chi connectivity index (χ0n) is 22.4. The molecule has 3 aromatic rings. The third-order valence-corrected chi connectivity index (χ3v) is 7.09. The smallest absolute Gasteiger partial charge is 0.323 e. The number of hydrogen-bond acceptors (Lipinski definition) is 5. The van der Waals surface area contributed by atoms with Crippen LogP contribution in [0, 0.1) is 6.92 Å². The minimum absolute atomic E-state index is 0.0175. The number of hydrogen-bond donors (Lipinski definition) is 0. The Morgan fingerprint density at radius 2 is 1.72 bits per heavy atom. The minimum Gasteiger partial charge on any atom is -0.491 e. The molecule has 0 fully saturated rings. The zero-order valence-corrected chi connectivity index (χ0v) is 22.4. The molecule has 1 aromatic heterocycles. The molecule has 5 heteroatoms. The Labute approximate surface area is 215 Å². The first-order valence-corrected chi connectivity index (χ1v) is 13.0. The van der Waals surface area contributed by atoms with Crippen molar-refractivity contribution in [2.75, 3.05) is 7.11 Å². The van der Waals surface area contributed by atoms with Crippen molar-refractivity contribution < 1.29 is 14.3 Å². The second-order valence-corrected chi connectivity index (χ2v) is 9.81. The van der Waals surface area contributed by atoms with Gasteiger partial charge in [-0.1, -0.05) is 56.3 Å². The van der Waals surface area contributed by atoms with Crippen molar-refractivity contribution in [3.8, 4) is 17.0 Å². The maximum Gasteiger partial charge on any atom is 0.323 e. The molecule has 2 heterocycles. The molecule has 0 bridgehead atoms. The number of aromatic nitrogens is 1. The van der Waals surface area contributed by atoms with E-state index in [4.69, 9.17) is 14.5 Å². The molecule has 0 unspecified atom stereocenters. The van der Waals surface area contributed by atoms with E-state index in [9.17, 15) is 4.79 Å². The first kappa shape index (κ1) is 25.9. The fourth-order valence-corrected chi connectivity index (χ4v) is 5.24. The zero-order chi connectivity index (χ0) is 25.8. The molecule has 0 saturated heterocycles. The number of carbonyl (C=O) groups is 1. The normalized spacial score (nSPS) is 15.6. The van der Waals surface area contributed by atoms with E-state index in [0.717, 1.165) is 35.5 Å². The van der Waals surface area contributed by atoms with Gasteiger partial charge in [-0.05, 0) is 62.3 Å². The molecule has 190 valence electrons. The molecule has 4 rings (SSSR count). The summed E-state index contributed by atoms with van der Waals surface area (Å²) in [5.74, 6) is 0.630. The average molecular weight is 487 g/mol. The molecule has 5 nitrogen and oxygen atoms in total. The number of methoxy groups -OCH3 is 1. The Hall–Kier alpha value is -3.18. The molecule has 0 spiro atoms. The summed E-state index contributed by atoms with van der Waals surface area (Å²) in [5.41, 5.74) is 9.16. The van der Waals surface area contributed by atoms with E-state index in [1.807, 2.05) is 19.9 Å². The second-order valence-electron chi connectivity index (χ2n) is 9.81. The lowest BCUT2D eigenvalue weighted by molar-refractivity contribution is -0.148. The molecular weight excluding hydrogens is 448 g/mol. The molecule has 0 saturated carbocycles. The molecular formula is C31H38N2O3. The molecule has 0 amide bonds. The van der Waals surface area contributed by atoms with Gasteiger partial charge in [-0.3, -0.25) is 14.7 Å². The third-order valence-electron chi connectivity index (χ3n) is 7.09. The van der Waals surface area contributed by atoms with Gasteiger partial charge < -0.3 is 9.47 Å². The van der Waals surface area contributed by atoms with Crippen molar-refractivity contribution in [2.45, 2.75) is 79.1 Å². The average Bonchev–Trinajstić information content (AvgIpc) is 2.88. The highest BCUT2D eigenvalue weighted by Gasteiger charge is 2.33. The second kappa shape index (κ2) is 11.3. The largest absolute Gasteiger partial charge is 0.491 e. The van der Waals surface area contributed by atoms with Crippen molar-refractivity contribution in [2.24, 2.45) is 0 Å². The quantitative estimate of drug-likeness (QED) is 0.362. The topological polar surface area (TPSA) is 51.7 Å². The van der Waals surface area contributed by atoms with Crippen LogP contribution in [0.15, 0.2) is 48.5 Å². The molecule has 36 heavy (non-hydrogen) atoms. The highest BCUT2D eigenvalue weighted by Crippen LogP contribution is 2.35. The van der Waals surface area contributed by atoms with Crippen molar-refractivity contribution in [1.29, 1.82) is 0 Å². The van der Waals surface area contributed by atoms with Crippen LogP contribution < -0.4 is 4.74 Å². The van der Waals surface area contributed by atoms with Crippen molar-refractivity contribution in [1.82, 2.24) is 9.88 Å². The van der Waals surface area contributed by atoms with Gasteiger partial charge in [-0.25, -0.2) is 0 Å². The van der Waals surface area contributed by atoms with Crippen LogP contribution in [0.2, 0.25) is 0 Å². The lowest BCUT2D eigenvalue weighted by Crippen LogP contribution is -2.45. The van der Waals surface area contributed by atoms with Crippen LogP contribution >= 0.6 is 0 Å². The van der Waals surface area contributed by atoms with Crippen LogP contribution in [0.25, 0.3) is 11.3 Å². The maximum atomic E-state index is 12.8. The number of rotatable bonds is 8. The van der Waals surface area contributed by atoms with Crippen LogP contribution in [0.4, 0.5) is 0 Å². The molecule has 0 radical (unpaired) electrons. The van der Waals surface area contributed by atoms with E-state index in [-0.39, 0.29) is 18.1 Å². The third kappa shape index (κ3) is 5.31.